The molecule has 20 heavy (non-hydrogen) atoms. The maximum atomic E-state index is 5.22. The molecule has 0 saturated heterocycles. The van der Waals surface area contributed by atoms with Crippen molar-refractivity contribution in [2.75, 3.05) is 7.11 Å². The van der Waals surface area contributed by atoms with Crippen LogP contribution in [0.15, 0.2) is 24.3 Å². The summed E-state index contributed by atoms with van der Waals surface area (Å²) in [6.07, 6.45) is 6.70. The average molecular weight is 273 g/mol. The van der Waals surface area contributed by atoms with Crippen molar-refractivity contribution in [3.05, 3.63) is 29.8 Å². The molecule has 0 aliphatic heterocycles. The normalized spacial score (nSPS) is 31.9. The van der Waals surface area contributed by atoms with Crippen LogP contribution in [0.1, 0.15) is 57.4 Å². The highest BCUT2D eigenvalue weighted by molar-refractivity contribution is 5.31. The number of rotatable bonds is 4. The van der Waals surface area contributed by atoms with Crippen LogP contribution in [0, 0.1) is 5.41 Å². The Hall–Kier alpha value is -1.02. The molecule has 1 atom stereocenters. The van der Waals surface area contributed by atoms with Crippen LogP contribution in [0.2, 0.25) is 0 Å². The van der Waals surface area contributed by atoms with Gasteiger partial charge < -0.3 is 10.1 Å². The lowest BCUT2D eigenvalue weighted by Crippen LogP contribution is -2.49. The first kappa shape index (κ1) is 13.9. The Morgan fingerprint density at radius 3 is 2.40 bits per heavy atom. The molecule has 1 aromatic carbocycles. The van der Waals surface area contributed by atoms with Crippen LogP contribution in [0.5, 0.6) is 5.75 Å². The first-order chi connectivity index (χ1) is 9.58. The topological polar surface area (TPSA) is 21.3 Å². The van der Waals surface area contributed by atoms with E-state index < -0.39 is 0 Å². The van der Waals surface area contributed by atoms with Crippen LogP contribution in [0.4, 0.5) is 0 Å². The molecule has 2 saturated carbocycles. The van der Waals surface area contributed by atoms with Crippen molar-refractivity contribution in [1.82, 2.24) is 5.32 Å². The van der Waals surface area contributed by atoms with Crippen LogP contribution in [0.25, 0.3) is 0 Å². The second-order valence-corrected chi connectivity index (χ2v) is 7.24. The first-order valence-corrected chi connectivity index (χ1v) is 7.98. The second-order valence-electron chi connectivity index (χ2n) is 7.24. The maximum Gasteiger partial charge on any atom is 0.118 e. The zero-order chi connectivity index (χ0) is 14.2. The molecule has 0 bridgehead atoms. The smallest absolute Gasteiger partial charge is 0.118 e. The molecule has 0 amide bonds. The summed E-state index contributed by atoms with van der Waals surface area (Å²) in [6.45, 7) is 4.83. The summed E-state index contributed by atoms with van der Waals surface area (Å²) in [5.41, 5.74) is 1.96. The third-order valence-electron chi connectivity index (χ3n) is 5.42. The summed E-state index contributed by atoms with van der Waals surface area (Å²) < 4.78 is 5.22. The van der Waals surface area contributed by atoms with Gasteiger partial charge in [0.15, 0.2) is 0 Å². The Morgan fingerprint density at radius 1 is 1.15 bits per heavy atom. The van der Waals surface area contributed by atoms with E-state index in [1.54, 1.807) is 7.11 Å². The van der Waals surface area contributed by atoms with Crippen molar-refractivity contribution < 1.29 is 4.74 Å². The van der Waals surface area contributed by atoms with Crippen LogP contribution in [0.3, 0.4) is 0 Å². The van der Waals surface area contributed by atoms with Gasteiger partial charge in [-0.25, -0.2) is 0 Å². The van der Waals surface area contributed by atoms with Gasteiger partial charge in [-0.05, 0) is 54.7 Å². The Morgan fingerprint density at radius 2 is 1.85 bits per heavy atom. The first-order valence-electron chi connectivity index (χ1n) is 7.98. The van der Waals surface area contributed by atoms with E-state index in [0.717, 1.165) is 23.8 Å². The summed E-state index contributed by atoms with van der Waals surface area (Å²) >= 11 is 0. The lowest BCUT2D eigenvalue weighted by atomic mass is 9.74. The standard InChI is InChI=1S/C18H27NO/c1-18(2)10-4-5-17(18)19-15-11-14(12-15)13-6-8-16(20-3)9-7-13/h6-9,14-15,17,19H,4-5,10-12H2,1-3H3. The number of nitrogens with one attached hydrogen (secondary N) is 1. The summed E-state index contributed by atoms with van der Waals surface area (Å²) in [5, 5.41) is 3.90. The van der Waals surface area contributed by atoms with Crippen LogP contribution in [-0.4, -0.2) is 19.2 Å². The molecule has 1 N–H and O–H groups in total. The minimum atomic E-state index is 0.491. The minimum Gasteiger partial charge on any atom is -0.497 e. The lowest BCUT2D eigenvalue weighted by Gasteiger charge is -2.41. The highest BCUT2D eigenvalue weighted by Crippen LogP contribution is 2.42. The van der Waals surface area contributed by atoms with Crippen molar-refractivity contribution in [2.24, 2.45) is 5.41 Å². The van der Waals surface area contributed by atoms with E-state index in [1.807, 2.05) is 0 Å². The monoisotopic (exact) mass is 273 g/mol. The van der Waals surface area contributed by atoms with Gasteiger partial charge in [-0.15, -0.1) is 0 Å². The highest BCUT2D eigenvalue weighted by atomic mass is 16.5. The van der Waals surface area contributed by atoms with Gasteiger partial charge in [0.25, 0.3) is 0 Å². The SMILES string of the molecule is COc1ccc(C2CC(NC3CCCC3(C)C)C2)cc1. The maximum absolute atomic E-state index is 5.22. The average Bonchev–Trinajstić information content (AvgIpc) is 2.73. The van der Waals surface area contributed by atoms with E-state index in [0.29, 0.717) is 5.41 Å². The predicted molar refractivity (Wildman–Crippen MR) is 83.3 cm³/mol. The van der Waals surface area contributed by atoms with Crippen molar-refractivity contribution in [2.45, 2.75) is 64.0 Å². The van der Waals surface area contributed by atoms with Gasteiger partial charge >= 0.3 is 0 Å². The zero-order valence-corrected chi connectivity index (χ0v) is 13.0. The fourth-order valence-corrected chi connectivity index (χ4v) is 3.82. The van der Waals surface area contributed by atoms with Gasteiger partial charge in [-0.3, -0.25) is 0 Å². The third-order valence-corrected chi connectivity index (χ3v) is 5.42. The molecule has 110 valence electrons. The van der Waals surface area contributed by atoms with Gasteiger partial charge in [0.1, 0.15) is 5.75 Å². The largest absolute Gasteiger partial charge is 0.497 e. The molecule has 2 heteroatoms. The molecule has 0 radical (unpaired) electrons. The molecule has 2 aliphatic carbocycles. The summed E-state index contributed by atoms with van der Waals surface area (Å²) in [6, 6.07) is 10.1. The molecule has 3 rings (SSSR count). The lowest BCUT2D eigenvalue weighted by molar-refractivity contribution is 0.202. The molecule has 1 unspecified atom stereocenters. The van der Waals surface area contributed by atoms with Crippen molar-refractivity contribution >= 4 is 0 Å². The fourth-order valence-electron chi connectivity index (χ4n) is 3.82. The Labute approximate surface area is 122 Å². The van der Waals surface area contributed by atoms with Crippen molar-refractivity contribution in [3.8, 4) is 5.75 Å². The Bertz CT molecular complexity index is 445. The van der Waals surface area contributed by atoms with E-state index in [1.165, 1.54) is 37.7 Å². The summed E-state index contributed by atoms with van der Waals surface area (Å²) in [4.78, 5) is 0. The molecular formula is C18H27NO. The molecule has 0 heterocycles. The Balaban J connectivity index is 1.51. The van der Waals surface area contributed by atoms with Gasteiger partial charge in [0, 0.05) is 12.1 Å². The second kappa shape index (κ2) is 5.40. The summed E-state index contributed by atoms with van der Waals surface area (Å²) in [7, 11) is 1.72. The molecule has 2 nitrogen and oxygen atoms in total. The fraction of sp³-hybridized carbons (Fsp3) is 0.667. The van der Waals surface area contributed by atoms with E-state index in [-0.39, 0.29) is 0 Å². The number of hydrogen-bond acceptors (Lipinski definition) is 2. The Kier molecular flexibility index (Phi) is 3.76. The van der Waals surface area contributed by atoms with E-state index in [4.69, 9.17) is 4.74 Å². The minimum absolute atomic E-state index is 0.491. The van der Waals surface area contributed by atoms with Crippen LogP contribution < -0.4 is 10.1 Å². The zero-order valence-electron chi connectivity index (χ0n) is 13.0. The highest BCUT2D eigenvalue weighted by Gasteiger charge is 2.38. The molecule has 2 aliphatic rings. The molecule has 0 spiro atoms. The predicted octanol–water partition coefficient (Wildman–Crippen LogP) is 4.11. The van der Waals surface area contributed by atoms with Crippen LogP contribution in [-0.2, 0) is 0 Å². The van der Waals surface area contributed by atoms with Crippen molar-refractivity contribution in [1.29, 1.82) is 0 Å². The van der Waals surface area contributed by atoms with Crippen LogP contribution >= 0.6 is 0 Å². The van der Waals surface area contributed by atoms with E-state index in [9.17, 15) is 0 Å². The van der Waals surface area contributed by atoms with E-state index >= 15 is 0 Å². The molecule has 2 fully saturated rings. The van der Waals surface area contributed by atoms with Gasteiger partial charge in [0.05, 0.1) is 7.11 Å². The summed E-state index contributed by atoms with van der Waals surface area (Å²) in [5.74, 6) is 1.69. The number of methoxy groups -OCH3 is 1. The molecule has 1 aromatic rings. The number of ether oxygens (including phenoxy) is 1. The third kappa shape index (κ3) is 2.71. The quantitative estimate of drug-likeness (QED) is 0.891. The van der Waals surface area contributed by atoms with E-state index in [2.05, 4.69) is 43.4 Å². The van der Waals surface area contributed by atoms with Gasteiger partial charge in [-0.2, -0.15) is 0 Å². The molecule has 0 aromatic heterocycles. The molecular weight excluding hydrogens is 246 g/mol. The number of benzene rings is 1. The van der Waals surface area contributed by atoms with Gasteiger partial charge in [-0.1, -0.05) is 32.4 Å². The number of hydrogen-bond donors (Lipinski definition) is 1. The van der Waals surface area contributed by atoms with Crippen molar-refractivity contribution in [3.63, 3.8) is 0 Å². The van der Waals surface area contributed by atoms with Gasteiger partial charge in [0.2, 0.25) is 0 Å².